The molecule has 0 unspecified atom stereocenters. The lowest BCUT2D eigenvalue weighted by Gasteiger charge is -2.34. The second-order valence-electron chi connectivity index (χ2n) is 6.34. The molecular weight excluding hydrogens is 288 g/mol. The number of nitrogens with zero attached hydrogens (tertiary/aromatic N) is 3. The lowest BCUT2D eigenvalue weighted by atomic mass is 9.93. The fraction of sp³-hybridized carbons (Fsp3) is 0.444. The standard InChI is InChI=1S/C18H24N4O/c1-21-11-9-20-16(21)12-14-6-5-10-22(13-14)18(23)17(19)15-7-3-2-4-8-15/h2-4,7-9,11,14,17H,5-6,10,12-13,19H2,1H3/t14-,17-/m0/s1. The van der Waals surface area contributed by atoms with Crippen molar-refractivity contribution in [3.8, 4) is 0 Å². The zero-order valence-electron chi connectivity index (χ0n) is 13.6. The minimum Gasteiger partial charge on any atom is -0.341 e. The van der Waals surface area contributed by atoms with Crippen LogP contribution in [0.3, 0.4) is 0 Å². The molecule has 0 radical (unpaired) electrons. The van der Waals surface area contributed by atoms with Gasteiger partial charge in [-0.1, -0.05) is 30.3 Å². The van der Waals surface area contributed by atoms with E-state index < -0.39 is 6.04 Å². The maximum atomic E-state index is 12.7. The molecule has 1 aliphatic rings. The highest BCUT2D eigenvalue weighted by atomic mass is 16.2. The minimum atomic E-state index is -0.567. The number of likely N-dealkylation sites (tertiary alicyclic amines) is 1. The number of piperidine rings is 1. The molecule has 122 valence electrons. The summed E-state index contributed by atoms with van der Waals surface area (Å²) < 4.78 is 2.05. The summed E-state index contributed by atoms with van der Waals surface area (Å²) in [6.45, 7) is 1.57. The molecular formula is C18H24N4O. The van der Waals surface area contributed by atoms with Gasteiger partial charge in [0.15, 0.2) is 0 Å². The first kappa shape index (κ1) is 15.7. The second-order valence-corrected chi connectivity index (χ2v) is 6.34. The first-order chi connectivity index (χ1) is 11.1. The topological polar surface area (TPSA) is 64.2 Å². The summed E-state index contributed by atoms with van der Waals surface area (Å²) in [5.74, 6) is 1.56. The van der Waals surface area contributed by atoms with Crippen molar-refractivity contribution in [2.24, 2.45) is 18.7 Å². The van der Waals surface area contributed by atoms with Gasteiger partial charge in [0, 0.05) is 39.0 Å². The SMILES string of the molecule is Cn1ccnc1C[C@@H]1CCCN(C(=O)[C@@H](N)c2ccccc2)C1. The molecule has 1 fully saturated rings. The average molecular weight is 312 g/mol. The van der Waals surface area contributed by atoms with Gasteiger partial charge in [-0.05, 0) is 24.3 Å². The number of nitrogens with two attached hydrogens (primary N) is 1. The quantitative estimate of drug-likeness (QED) is 0.938. The fourth-order valence-corrected chi connectivity index (χ4v) is 3.28. The van der Waals surface area contributed by atoms with Crippen LogP contribution in [0.25, 0.3) is 0 Å². The van der Waals surface area contributed by atoms with Gasteiger partial charge in [-0.3, -0.25) is 4.79 Å². The summed E-state index contributed by atoms with van der Waals surface area (Å²) in [6.07, 6.45) is 6.87. The highest BCUT2D eigenvalue weighted by molar-refractivity contribution is 5.83. The van der Waals surface area contributed by atoms with E-state index in [4.69, 9.17) is 5.73 Å². The van der Waals surface area contributed by atoms with Gasteiger partial charge < -0.3 is 15.2 Å². The van der Waals surface area contributed by atoms with Crippen molar-refractivity contribution in [3.05, 3.63) is 54.1 Å². The lowest BCUT2D eigenvalue weighted by Crippen LogP contribution is -2.44. The van der Waals surface area contributed by atoms with Crippen LogP contribution in [0.4, 0.5) is 0 Å². The smallest absolute Gasteiger partial charge is 0.244 e. The molecule has 1 aromatic heterocycles. The number of carbonyl (C=O) groups excluding carboxylic acids is 1. The van der Waals surface area contributed by atoms with Crippen LogP contribution in [0.1, 0.15) is 30.3 Å². The molecule has 5 nitrogen and oxygen atoms in total. The van der Waals surface area contributed by atoms with E-state index in [1.54, 1.807) is 0 Å². The van der Waals surface area contributed by atoms with Crippen LogP contribution >= 0.6 is 0 Å². The predicted octanol–water partition coefficient (Wildman–Crippen LogP) is 1.90. The first-order valence-corrected chi connectivity index (χ1v) is 8.20. The third kappa shape index (κ3) is 3.62. The largest absolute Gasteiger partial charge is 0.341 e. The molecule has 1 saturated heterocycles. The zero-order valence-corrected chi connectivity index (χ0v) is 13.6. The number of hydrogen-bond donors (Lipinski definition) is 1. The van der Waals surface area contributed by atoms with E-state index in [-0.39, 0.29) is 5.91 Å². The van der Waals surface area contributed by atoms with Crippen LogP contribution in [-0.2, 0) is 18.3 Å². The monoisotopic (exact) mass is 312 g/mol. The normalized spacial score (nSPS) is 19.6. The van der Waals surface area contributed by atoms with Crippen LogP contribution in [0.5, 0.6) is 0 Å². The molecule has 2 heterocycles. The van der Waals surface area contributed by atoms with Crippen LogP contribution in [0.2, 0.25) is 0 Å². The van der Waals surface area contributed by atoms with Crippen molar-refractivity contribution in [1.82, 2.24) is 14.5 Å². The first-order valence-electron chi connectivity index (χ1n) is 8.20. The lowest BCUT2D eigenvalue weighted by molar-refractivity contribution is -0.134. The Hall–Kier alpha value is -2.14. The molecule has 3 rings (SSSR count). The fourth-order valence-electron chi connectivity index (χ4n) is 3.28. The number of benzene rings is 1. The molecule has 23 heavy (non-hydrogen) atoms. The Balaban J connectivity index is 1.64. The van der Waals surface area contributed by atoms with Crippen molar-refractivity contribution < 1.29 is 4.79 Å². The third-order valence-electron chi connectivity index (χ3n) is 4.65. The van der Waals surface area contributed by atoms with Crippen molar-refractivity contribution in [2.75, 3.05) is 13.1 Å². The number of rotatable bonds is 4. The number of amides is 1. The third-order valence-corrected chi connectivity index (χ3v) is 4.65. The van der Waals surface area contributed by atoms with E-state index in [1.165, 1.54) is 0 Å². The van der Waals surface area contributed by atoms with Crippen LogP contribution in [-0.4, -0.2) is 33.4 Å². The predicted molar refractivity (Wildman–Crippen MR) is 89.6 cm³/mol. The van der Waals surface area contributed by atoms with E-state index in [1.807, 2.05) is 54.7 Å². The van der Waals surface area contributed by atoms with E-state index in [0.717, 1.165) is 43.7 Å². The number of aryl methyl sites for hydroxylation is 1. The van der Waals surface area contributed by atoms with Crippen molar-refractivity contribution in [1.29, 1.82) is 0 Å². The molecule has 1 aromatic carbocycles. The molecule has 5 heteroatoms. The van der Waals surface area contributed by atoms with Crippen molar-refractivity contribution >= 4 is 5.91 Å². The number of aromatic nitrogens is 2. The molecule has 0 spiro atoms. The highest BCUT2D eigenvalue weighted by Crippen LogP contribution is 2.23. The van der Waals surface area contributed by atoms with Gasteiger partial charge >= 0.3 is 0 Å². The summed E-state index contributed by atoms with van der Waals surface area (Å²) in [5.41, 5.74) is 7.05. The van der Waals surface area contributed by atoms with Gasteiger partial charge in [-0.2, -0.15) is 0 Å². The van der Waals surface area contributed by atoms with E-state index >= 15 is 0 Å². The van der Waals surface area contributed by atoms with Crippen molar-refractivity contribution in [3.63, 3.8) is 0 Å². The van der Waals surface area contributed by atoms with Crippen LogP contribution in [0.15, 0.2) is 42.7 Å². The molecule has 2 atom stereocenters. The summed E-state index contributed by atoms with van der Waals surface area (Å²) in [4.78, 5) is 19.0. The Morgan fingerprint density at radius 1 is 1.39 bits per heavy atom. The van der Waals surface area contributed by atoms with Gasteiger partial charge in [-0.15, -0.1) is 0 Å². The number of imidazole rings is 1. The molecule has 2 aromatic rings. The molecule has 1 aliphatic heterocycles. The minimum absolute atomic E-state index is 0.0285. The van der Waals surface area contributed by atoms with Gasteiger partial charge in [0.1, 0.15) is 11.9 Å². The summed E-state index contributed by atoms with van der Waals surface area (Å²) in [5, 5.41) is 0. The van der Waals surface area contributed by atoms with Crippen LogP contribution in [0, 0.1) is 5.92 Å². The van der Waals surface area contributed by atoms with Gasteiger partial charge in [0.2, 0.25) is 5.91 Å². The number of carbonyl (C=O) groups is 1. The highest BCUT2D eigenvalue weighted by Gasteiger charge is 2.28. The summed E-state index contributed by atoms with van der Waals surface area (Å²) >= 11 is 0. The summed E-state index contributed by atoms with van der Waals surface area (Å²) in [6, 6.07) is 9.04. The Morgan fingerprint density at radius 2 is 2.17 bits per heavy atom. The summed E-state index contributed by atoms with van der Waals surface area (Å²) in [7, 11) is 2.01. The number of hydrogen-bond acceptors (Lipinski definition) is 3. The Kier molecular flexibility index (Phi) is 4.76. The second kappa shape index (κ2) is 6.96. The van der Waals surface area contributed by atoms with E-state index in [9.17, 15) is 4.79 Å². The van der Waals surface area contributed by atoms with Gasteiger partial charge in [0.05, 0.1) is 0 Å². The van der Waals surface area contributed by atoms with Gasteiger partial charge in [0.25, 0.3) is 0 Å². The van der Waals surface area contributed by atoms with E-state index in [0.29, 0.717) is 5.92 Å². The maximum absolute atomic E-state index is 12.7. The van der Waals surface area contributed by atoms with Gasteiger partial charge in [-0.25, -0.2) is 4.98 Å². The van der Waals surface area contributed by atoms with E-state index in [2.05, 4.69) is 9.55 Å². The molecule has 0 saturated carbocycles. The van der Waals surface area contributed by atoms with Crippen LogP contribution < -0.4 is 5.73 Å². The molecule has 0 bridgehead atoms. The Labute approximate surface area is 137 Å². The molecule has 0 aliphatic carbocycles. The average Bonchev–Trinajstić information content (AvgIpc) is 2.99. The molecule has 1 amide bonds. The Bertz CT molecular complexity index is 652. The zero-order chi connectivity index (χ0) is 16.2. The van der Waals surface area contributed by atoms with Crippen molar-refractivity contribution in [2.45, 2.75) is 25.3 Å². The molecule has 2 N–H and O–H groups in total. The maximum Gasteiger partial charge on any atom is 0.244 e. The Morgan fingerprint density at radius 3 is 2.87 bits per heavy atom.